The lowest BCUT2D eigenvalue weighted by Gasteiger charge is -2.19. The molecule has 2 aromatic carbocycles. The van der Waals surface area contributed by atoms with Crippen LogP contribution in [0.25, 0.3) is 0 Å². The van der Waals surface area contributed by atoms with E-state index >= 15 is 0 Å². The Balaban J connectivity index is 1.83. The molecule has 8 heteroatoms. The first-order chi connectivity index (χ1) is 14.0. The molecule has 0 radical (unpaired) electrons. The second kappa shape index (κ2) is 7.65. The van der Waals surface area contributed by atoms with Gasteiger partial charge in [-0.05, 0) is 29.7 Å². The predicted octanol–water partition coefficient (Wildman–Crippen LogP) is 4.13. The van der Waals surface area contributed by atoms with Crippen molar-refractivity contribution >= 4 is 38.5 Å². The van der Waals surface area contributed by atoms with Crippen molar-refractivity contribution in [2.24, 2.45) is 4.40 Å². The number of carbonyl (C=O) groups is 1. The predicted molar refractivity (Wildman–Crippen MR) is 114 cm³/mol. The minimum Gasteiger partial charge on any atom is -0.495 e. The average molecular weight is 425 g/mol. The molecule has 0 atom stereocenters. The number of hydrogen-bond acceptors (Lipinski definition) is 6. The zero-order valence-corrected chi connectivity index (χ0v) is 17.0. The number of sulfonamides is 1. The van der Waals surface area contributed by atoms with Crippen molar-refractivity contribution in [3.63, 3.8) is 0 Å². The summed E-state index contributed by atoms with van der Waals surface area (Å²) in [6, 6.07) is 17.1. The third-order valence-corrected chi connectivity index (χ3v) is 6.98. The standard InChI is InChI=1S/C21H16N2O4S2/c1-27-19-10-5-4-9-16(19)22-18-13-17(14-7-2-3-8-15(14)21(18)24)23-29(25,26)20-11-6-12-28-20/h2-13,22H,1H3/b23-17-. The second-order valence-corrected chi connectivity index (χ2v) is 8.92. The Kier molecular flexibility index (Phi) is 5.04. The van der Waals surface area contributed by atoms with Crippen LogP contribution in [0.15, 0.2) is 86.4 Å². The van der Waals surface area contributed by atoms with E-state index in [1.807, 2.05) is 12.1 Å². The number of carbonyl (C=O) groups excluding carboxylic acids is 1. The summed E-state index contributed by atoms with van der Waals surface area (Å²) in [5.74, 6) is 0.309. The van der Waals surface area contributed by atoms with Gasteiger partial charge in [0.15, 0.2) is 0 Å². The summed E-state index contributed by atoms with van der Waals surface area (Å²) < 4.78 is 34.9. The number of fused-ring (bicyclic) bond motifs is 1. The lowest BCUT2D eigenvalue weighted by atomic mass is 9.92. The molecule has 0 aliphatic heterocycles. The number of Topliss-reactive ketones (excluding diaryl/α,β-unsaturated/α-hetero) is 1. The largest absolute Gasteiger partial charge is 0.495 e. The molecule has 1 aromatic heterocycles. The number of allylic oxidation sites excluding steroid dienone is 2. The summed E-state index contributed by atoms with van der Waals surface area (Å²) in [7, 11) is -2.35. The highest BCUT2D eigenvalue weighted by Gasteiger charge is 2.26. The molecular formula is C21H16N2O4S2. The maximum absolute atomic E-state index is 13.0. The van der Waals surface area contributed by atoms with Crippen molar-refractivity contribution in [2.45, 2.75) is 4.21 Å². The minimum atomic E-state index is -3.89. The maximum atomic E-state index is 13.0. The van der Waals surface area contributed by atoms with Crippen molar-refractivity contribution in [3.05, 3.63) is 88.9 Å². The summed E-state index contributed by atoms with van der Waals surface area (Å²) in [6.07, 6.45) is 1.46. The van der Waals surface area contributed by atoms with Crippen LogP contribution in [-0.4, -0.2) is 27.0 Å². The first-order valence-electron chi connectivity index (χ1n) is 8.64. The molecule has 0 amide bonds. The summed E-state index contributed by atoms with van der Waals surface area (Å²) in [4.78, 5) is 13.0. The van der Waals surface area contributed by atoms with Crippen LogP contribution in [0, 0.1) is 0 Å². The van der Waals surface area contributed by atoms with Gasteiger partial charge in [-0.3, -0.25) is 4.79 Å². The number of benzene rings is 2. The molecule has 0 bridgehead atoms. The van der Waals surface area contributed by atoms with Crippen molar-refractivity contribution in [2.75, 3.05) is 12.4 Å². The fourth-order valence-corrected chi connectivity index (χ4v) is 4.94. The van der Waals surface area contributed by atoms with Crippen LogP contribution in [0.3, 0.4) is 0 Å². The quantitative estimate of drug-likeness (QED) is 0.666. The molecule has 29 heavy (non-hydrogen) atoms. The highest BCUT2D eigenvalue weighted by atomic mass is 32.2. The van der Waals surface area contributed by atoms with E-state index in [1.165, 1.54) is 19.3 Å². The van der Waals surface area contributed by atoms with Crippen LogP contribution in [0.4, 0.5) is 5.69 Å². The van der Waals surface area contributed by atoms with Gasteiger partial charge in [0.1, 0.15) is 9.96 Å². The molecule has 146 valence electrons. The van der Waals surface area contributed by atoms with Gasteiger partial charge >= 0.3 is 0 Å². The number of anilines is 1. The molecule has 1 aliphatic rings. The number of thiophene rings is 1. The van der Waals surface area contributed by atoms with Crippen LogP contribution in [0.2, 0.25) is 0 Å². The summed E-state index contributed by atoms with van der Waals surface area (Å²) in [6.45, 7) is 0. The van der Waals surface area contributed by atoms with E-state index in [1.54, 1.807) is 47.8 Å². The monoisotopic (exact) mass is 424 g/mol. The Bertz CT molecular complexity index is 1240. The zero-order valence-electron chi connectivity index (χ0n) is 15.3. The third kappa shape index (κ3) is 3.72. The number of rotatable bonds is 5. The molecule has 0 saturated carbocycles. The van der Waals surface area contributed by atoms with Crippen LogP contribution >= 0.6 is 11.3 Å². The Labute approximate surface area is 172 Å². The van der Waals surface area contributed by atoms with Crippen LogP contribution < -0.4 is 10.1 Å². The van der Waals surface area contributed by atoms with Crippen LogP contribution in [0.5, 0.6) is 5.75 Å². The Morgan fingerprint density at radius 2 is 1.69 bits per heavy atom. The Hall–Kier alpha value is -3.23. The molecular weight excluding hydrogens is 408 g/mol. The minimum absolute atomic E-state index is 0.145. The van der Waals surface area contributed by atoms with Crippen LogP contribution in [0.1, 0.15) is 15.9 Å². The lowest BCUT2D eigenvalue weighted by molar-refractivity contribution is 0.103. The third-order valence-electron chi connectivity index (χ3n) is 4.32. The molecule has 0 spiro atoms. The van der Waals surface area contributed by atoms with Gasteiger partial charge in [-0.15, -0.1) is 11.3 Å². The smallest absolute Gasteiger partial charge is 0.292 e. The number of hydrogen-bond donors (Lipinski definition) is 1. The van der Waals surface area contributed by atoms with Gasteiger partial charge in [-0.1, -0.05) is 42.5 Å². The van der Waals surface area contributed by atoms with Gasteiger partial charge in [0.25, 0.3) is 10.0 Å². The van der Waals surface area contributed by atoms with Gasteiger partial charge in [0.2, 0.25) is 5.78 Å². The summed E-state index contributed by atoms with van der Waals surface area (Å²) >= 11 is 1.09. The highest BCUT2D eigenvalue weighted by Crippen LogP contribution is 2.29. The SMILES string of the molecule is COc1ccccc1NC1=C/C(=N/S(=O)(=O)c2cccs2)c2ccccc2C1=O. The number of methoxy groups -OCH3 is 1. The Morgan fingerprint density at radius 1 is 0.966 bits per heavy atom. The molecule has 0 saturated heterocycles. The zero-order chi connectivity index (χ0) is 20.4. The fraction of sp³-hybridized carbons (Fsp3) is 0.0476. The second-order valence-electron chi connectivity index (χ2n) is 6.14. The van der Waals surface area contributed by atoms with E-state index in [0.29, 0.717) is 22.6 Å². The number of nitrogens with one attached hydrogen (secondary N) is 1. The first kappa shape index (κ1) is 19.1. The van der Waals surface area contributed by atoms with Crippen molar-refractivity contribution in [3.8, 4) is 5.75 Å². The van der Waals surface area contributed by atoms with E-state index in [9.17, 15) is 13.2 Å². The van der Waals surface area contributed by atoms with Gasteiger partial charge in [0, 0.05) is 11.1 Å². The number of nitrogens with zero attached hydrogens (tertiary/aromatic N) is 1. The normalized spacial score (nSPS) is 15.0. The van der Waals surface area contributed by atoms with Crippen LogP contribution in [-0.2, 0) is 10.0 Å². The van der Waals surface area contributed by atoms with Gasteiger partial charge in [0.05, 0.1) is 24.2 Å². The van der Waals surface area contributed by atoms with E-state index in [4.69, 9.17) is 4.74 Å². The fourth-order valence-electron chi connectivity index (χ4n) is 2.98. The maximum Gasteiger partial charge on any atom is 0.292 e. The number of para-hydroxylation sites is 2. The van der Waals surface area contributed by atoms with Crippen molar-refractivity contribution in [1.82, 2.24) is 0 Å². The van der Waals surface area contributed by atoms with Gasteiger partial charge < -0.3 is 10.1 Å². The summed E-state index contributed by atoms with van der Waals surface area (Å²) in [5.41, 5.74) is 1.87. The molecule has 1 N–H and O–H groups in total. The van der Waals surface area contributed by atoms with E-state index < -0.39 is 10.0 Å². The van der Waals surface area contributed by atoms with Crippen molar-refractivity contribution < 1.29 is 17.9 Å². The molecule has 6 nitrogen and oxygen atoms in total. The lowest BCUT2D eigenvalue weighted by Crippen LogP contribution is -2.22. The Morgan fingerprint density at radius 3 is 2.41 bits per heavy atom. The summed E-state index contributed by atoms with van der Waals surface area (Å²) in [5, 5.41) is 4.73. The molecule has 1 heterocycles. The first-order valence-corrected chi connectivity index (χ1v) is 11.0. The molecule has 3 aromatic rings. The molecule has 1 aliphatic carbocycles. The van der Waals surface area contributed by atoms with E-state index in [2.05, 4.69) is 9.71 Å². The topological polar surface area (TPSA) is 84.8 Å². The van der Waals surface area contributed by atoms with Crippen molar-refractivity contribution in [1.29, 1.82) is 0 Å². The highest BCUT2D eigenvalue weighted by molar-refractivity contribution is 7.92. The molecule has 0 fully saturated rings. The van der Waals surface area contributed by atoms with E-state index in [0.717, 1.165) is 11.3 Å². The van der Waals surface area contributed by atoms with E-state index in [-0.39, 0.29) is 21.4 Å². The van der Waals surface area contributed by atoms with Gasteiger partial charge in [-0.25, -0.2) is 0 Å². The number of ketones is 1. The molecule has 4 rings (SSSR count). The molecule has 0 unspecified atom stereocenters. The van der Waals surface area contributed by atoms with Gasteiger partial charge in [-0.2, -0.15) is 12.8 Å². The average Bonchev–Trinajstić information content (AvgIpc) is 3.28. The number of ether oxygens (including phenoxy) is 1.